The van der Waals surface area contributed by atoms with Gasteiger partial charge in [-0.15, -0.1) is 0 Å². The van der Waals surface area contributed by atoms with Crippen LogP contribution in [0.4, 0.5) is 4.39 Å². The minimum Gasteiger partial charge on any atom is -0.355 e. The zero-order chi connectivity index (χ0) is 18.3. The van der Waals surface area contributed by atoms with E-state index in [0.717, 1.165) is 11.6 Å². The van der Waals surface area contributed by atoms with E-state index in [0.29, 0.717) is 12.5 Å². The Morgan fingerprint density at radius 1 is 1.08 bits per heavy atom. The van der Waals surface area contributed by atoms with Gasteiger partial charge in [-0.3, -0.25) is 4.99 Å². The first kappa shape index (κ1) is 18.9. The Kier molecular flexibility index (Phi) is 6.52. The number of hydrogen-bond donors (Lipinski definition) is 2. The van der Waals surface area contributed by atoms with Crippen LogP contribution in [-0.2, 0) is 16.4 Å². The molecule has 0 unspecified atom stereocenters. The van der Waals surface area contributed by atoms with Crippen molar-refractivity contribution in [2.75, 3.05) is 19.3 Å². The van der Waals surface area contributed by atoms with E-state index in [2.05, 4.69) is 15.6 Å². The van der Waals surface area contributed by atoms with Crippen LogP contribution in [0.3, 0.4) is 0 Å². The number of aryl methyl sites for hydroxylation is 1. The molecule has 0 heterocycles. The zero-order valence-electron chi connectivity index (χ0n) is 14.3. The van der Waals surface area contributed by atoms with Gasteiger partial charge in [0.25, 0.3) is 0 Å². The number of nitrogens with one attached hydrogen (secondary N) is 2. The van der Waals surface area contributed by atoms with Gasteiger partial charge in [-0.1, -0.05) is 42.0 Å². The smallest absolute Gasteiger partial charge is 0.191 e. The van der Waals surface area contributed by atoms with Crippen LogP contribution in [0.5, 0.6) is 0 Å². The van der Waals surface area contributed by atoms with E-state index >= 15 is 0 Å². The first-order chi connectivity index (χ1) is 11.9. The molecule has 0 aromatic heterocycles. The van der Waals surface area contributed by atoms with Crippen LogP contribution < -0.4 is 10.6 Å². The van der Waals surface area contributed by atoms with Crippen LogP contribution in [0, 0.1) is 12.7 Å². The molecule has 0 bridgehead atoms. The molecule has 0 aliphatic heterocycles. The summed E-state index contributed by atoms with van der Waals surface area (Å²) < 4.78 is 38.0. The molecule has 0 saturated heterocycles. The maximum Gasteiger partial charge on any atom is 0.191 e. The number of halogens is 1. The molecule has 7 heteroatoms. The molecule has 0 saturated carbocycles. The largest absolute Gasteiger partial charge is 0.355 e. The molecule has 2 aromatic carbocycles. The first-order valence-electron chi connectivity index (χ1n) is 7.90. The first-order valence-corrected chi connectivity index (χ1v) is 9.55. The summed E-state index contributed by atoms with van der Waals surface area (Å²) in [6.45, 7) is 2.72. The lowest BCUT2D eigenvalue weighted by Crippen LogP contribution is -2.39. The van der Waals surface area contributed by atoms with E-state index in [1.54, 1.807) is 7.05 Å². The predicted octanol–water partition coefficient (Wildman–Crippen LogP) is 2.27. The van der Waals surface area contributed by atoms with Crippen molar-refractivity contribution in [1.29, 1.82) is 0 Å². The number of aliphatic imine (C=N–C) groups is 1. The van der Waals surface area contributed by atoms with Crippen LogP contribution in [-0.4, -0.2) is 33.7 Å². The van der Waals surface area contributed by atoms with Crippen molar-refractivity contribution in [1.82, 2.24) is 10.6 Å². The third-order valence-corrected chi connectivity index (χ3v) is 5.38. The van der Waals surface area contributed by atoms with E-state index in [9.17, 15) is 12.8 Å². The summed E-state index contributed by atoms with van der Waals surface area (Å²) in [5.74, 6) is -0.465. The Labute approximate surface area is 147 Å². The standard InChI is InChI=1S/C18H22FN3O2S/c1-14-7-9-15(10-8-14)13-22-18(20-2)21-11-12-25(23,24)17-6-4-3-5-16(17)19/h3-10H,11-13H2,1-2H3,(H2,20,21,22). The average Bonchev–Trinajstić information content (AvgIpc) is 2.59. The SMILES string of the molecule is CN=C(NCCS(=O)(=O)c1ccccc1F)NCc1ccc(C)cc1. The number of guanidine groups is 1. The number of benzene rings is 2. The van der Waals surface area contributed by atoms with E-state index < -0.39 is 15.7 Å². The molecule has 2 aromatic rings. The Balaban J connectivity index is 1.86. The number of hydrogen-bond acceptors (Lipinski definition) is 3. The highest BCUT2D eigenvalue weighted by Crippen LogP contribution is 2.14. The molecule has 25 heavy (non-hydrogen) atoms. The molecule has 0 radical (unpaired) electrons. The van der Waals surface area contributed by atoms with Crippen molar-refractivity contribution >= 4 is 15.8 Å². The summed E-state index contributed by atoms with van der Waals surface area (Å²) in [5, 5.41) is 6.05. The van der Waals surface area contributed by atoms with Gasteiger partial charge in [0.05, 0.1) is 5.75 Å². The molecule has 2 N–H and O–H groups in total. The number of rotatable bonds is 6. The normalized spacial score (nSPS) is 12.0. The van der Waals surface area contributed by atoms with Crippen LogP contribution in [0.2, 0.25) is 0 Å². The van der Waals surface area contributed by atoms with Crippen LogP contribution in [0.25, 0.3) is 0 Å². The average molecular weight is 363 g/mol. The van der Waals surface area contributed by atoms with E-state index in [1.807, 2.05) is 31.2 Å². The third kappa shape index (κ3) is 5.56. The number of nitrogens with zero attached hydrogens (tertiary/aromatic N) is 1. The fraction of sp³-hybridized carbons (Fsp3) is 0.278. The molecule has 134 valence electrons. The van der Waals surface area contributed by atoms with Gasteiger partial charge in [0.1, 0.15) is 10.7 Å². The van der Waals surface area contributed by atoms with Crippen molar-refractivity contribution < 1.29 is 12.8 Å². The fourth-order valence-corrected chi connectivity index (χ4v) is 3.46. The third-order valence-electron chi connectivity index (χ3n) is 3.64. The van der Waals surface area contributed by atoms with Crippen molar-refractivity contribution in [3.8, 4) is 0 Å². The monoisotopic (exact) mass is 363 g/mol. The maximum atomic E-state index is 13.6. The predicted molar refractivity (Wildman–Crippen MR) is 97.8 cm³/mol. The maximum absolute atomic E-state index is 13.6. The van der Waals surface area contributed by atoms with Crippen molar-refractivity contribution in [3.05, 3.63) is 65.5 Å². The Bertz CT molecular complexity index is 834. The highest BCUT2D eigenvalue weighted by molar-refractivity contribution is 7.91. The van der Waals surface area contributed by atoms with Crippen molar-refractivity contribution in [3.63, 3.8) is 0 Å². The van der Waals surface area contributed by atoms with Gasteiger partial charge in [-0.2, -0.15) is 0 Å². The summed E-state index contributed by atoms with van der Waals surface area (Å²) in [6, 6.07) is 13.4. The van der Waals surface area contributed by atoms with Gasteiger partial charge < -0.3 is 10.6 Å². The molecular formula is C18H22FN3O2S. The molecule has 0 amide bonds. The summed E-state index contributed by atoms with van der Waals surface area (Å²) in [4.78, 5) is 3.78. The van der Waals surface area contributed by atoms with Crippen LogP contribution in [0.1, 0.15) is 11.1 Å². The molecular weight excluding hydrogens is 341 g/mol. The Hall–Kier alpha value is -2.41. The topological polar surface area (TPSA) is 70.6 Å². The minimum absolute atomic E-state index is 0.129. The van der Waals surface area contributed by atoms with Gasteiger partial charge in [0.15, 0.2) is 15.8 Å². The second-order valence-corrected chi connectivity index (χ2v) is 7.67. The molecule has 0 atom stereocenters. The Morgan fingerprint density at radius 2 is 1.76 bits per heavy atom. The summed E-state index contributed by atoms with van der Waals surface area (Å²) >= 11 is 0. The zero-order valence-corrected chi connectivity index (χ0v) is 15.1. The van der Waals surface area contributed by atoms with Gasteiger partial charge in [-0.25, -0.2) is 12.8 Å². The lowest BCUT2D eigenvalue weighted by atomic mass is 10.1. The van der Waals surface area contributed by atoms with E-state index in [4.69, 9.17) is 0 Å². The van der Waals surface area contributed by atoms with Crippen LogP contribution in [0.15, 0.2) is 58.4 Å². The summed E-state index contributed by atoms with van der Waals surface area (Å²) in [6.07, 6.45) is 0. The second-order valence-electron chi connectivity index (χ2n) is 5.59. The van der Waals surface area contributed by atoms with E-state index in [-0.39, 0.29) is 17.2 Å². The number of sulfone groups is 1. The van der Waals surface area contributed by atoms with Gasteiger partial charge in [-0.05, 0) is 24.6 Å². The van der Waals surface area contributed by atoms with Crippen molar-refractivity contribution in [2.24, 2.45) is 4.99 Å². The molecule has 0 fully saturated rings. The molecule has 5 nitrogen and oxygen atoms in total. The van der Waals surface area contributed by atoms with Crippen molar-refractivity contribution in [2.45, 2.75) is 18.4 Å². The minimum atomic E-state index is -3.69. The lowest BCUT2D eigenvalue weighted by Gasteiger charge is -2.12. The quantitative estimate of drug-likeness (QED) is 0.610. The fourth-order valence-electron chi connectivity index (χ4n) is 2.22. The van der Waals surface area contributed by atoms with Gasteiger partial charge in [0, 0.05) is 20.1 Å². The highest BCUT2D eigenvalue weighted by atomic mass is 32.2. The van der Waals surface area contributed by atoms with Gasteiger partial charge >= 0.3 is 0 Å². The van der Waals surface area contributed by atoms with Gasteiger partial charge in [0.2, 0.25) is 0 Å². The molecule has 0 spiro atoms. The molecule has 0 aliphatic carbocycles. The lowest BCUT2D eigenvalue weighted by molar-refractivity contribution is 0.566. The second kappa shape index (κ2) is 8.62. The van der Waals surface area contributed by atoms with Crippen LogP contribution >= 0.6 is 0 Å². The summed E-state index contributed by atoms with van der Waals surface area (Å²) in [7, 11) is -2.08. The highest BCUT2D eigenvalue weighted by Gasteiger charge is 2.18. The molecule has 0 aliphatic rings. The molecule has 2 rings (SSSR count). The summed E-state index contributed by atoms with van der Waals surface area (Å²) in [5.41, 5.74) is 2.28. The Morgan fingerprint density at radius 3 is 2.40 bits per heavy atom. The van der Waals surface area contributed by atoms with E-state index in [1.165, 1.54) is 23.8 Å².